The number of hydrogen-bond donors (Lipinski definition) is 0. The van der Waals surface area contributed by atoms with Crippen molar-refractivity contribution in [3.63, 3.8) is 0 Å². The summed E-state index contributed by atoms with van der Waals surface area (Å²) in [6, 6.07) is 11.1. The number of pyridine rings is 1. The normalized spacial score (nSPS) is 10.5. The molecule has 3 rings (SSSR count). The zero-order valence-electron chi connectivity index (χ0n) is 11.2. The second kappa shape index (κ2) is 5.88. The van der Waals surface area contributed by atoms with E-state index < -0.39 is 0 Å². The maximum Gasteiger partial charge on any atom is 0.337 e. The Labute approximate surface area is 125 Å². The number of hydrogen-bond acceptors (Lipinski definition) is 6. The van der Waals surface area contributed by atoms with Crippen LogP contribution >= 0.6 is 11.8 Å². The van der Waals surface area contributed by atoms with Gasteiger partial charge in [-0.15, -0.1) is 0 Å². The van der Waals surface area contributed by atoms with Crippen LogP contribution in [0.3, 0.4) is 0 Å². The van der Waals surface area contributed by atoms with Crippen molar-refractivity contribution in [1.82, 2.24) is 15.0 Å². The molecular weight excluding hydrogens is 286 g/mol. The first-order valence-corrected chi connectivity index (χ1v) is 7.01. The first kappa shape index (κ1) is 13.5. The maximum absolute atomic E-state index is 11.5. The van der Waals surface area contributed by atoms with Crippen LogP contribution in [0.1, 0.15) is 10.4 Å². The molecule has 104 valence electrons. The molecule has 2 heterocycles. The van der Waals surface area contributed by atoms with Gasteiger partial charge in [0.1, 0.15) is 16.4 Å². The van der Waals surface area contributed by atoms with E-state index in [1.165, 1.54) is 25.2 Å². The van der Waals surface area contributed by atoms with Crippen molar-refractivity contribution in [3.8, 4) is 0 Å². The Hall–Kier alpha value is -2.47. The van der Waals surface area contributed by atoms with E-state index in [-0.39, 0.29) is 5.97 Å². The topological polar surface area (TPSA) is 65.0 Å². The van der Waals surface area contributed by atoms with Crippen LogP contribution in [-0.2, 0) is 4.74 Å². The number of aromatic nitrogens is 3. The summed E-state index contributed by atoms with van der Waals surface area (Å²) in [6.07, 6.45) is 3.10. The van der Waals surface area contributed by atoms with Crippen LogP contribution in [0.15, 0.2) is 59.0 Å². The molecule has 0 radical (unpaired) electrons. The summed E-state index contributed by atoms with van der Waals surface area (Å²) >= 11 is 1.39. The highest BCUT2D eigenvalue weighted by molar-refractivity contribution is 7.99. The van der Waals surface area contributed by atoms with Gasteiger partial charge in [-0.3, -0.25) is 0 Å². The SMILES string of the molecule is COC(=O)c1ccnc(Sc2ncnc3ccccc23)c1. The number of esters is 1. The van der Waals surface area contributed by atoms with Crippen LogP contribution < -0.4 is 0 Å². The van der Waals surface area contributed by atoms with E-state index in [0.29, 0.717) is 10.6 Å². The molecular formula is C15H11N3O2S. The van der Waals surface area contributed by atoms with Gasteiger partial charge in [-0.1, -0.05) is 18.2 Å². The molecule has 0 unspecified atom stereocenters. The van der Waals surface area contributed by atoms with Crippen LogP contribution in [0.4, 0.5) is 0 Å². The van der Waals surface area contributed by atoms with Crippen LogP contribution in [0.2, 0.25) is 0 Å². The highest BCUT2D eigenvalue weighted by atomic mass is 32.2. The number of para-hydroxylation sites is 1. The summed E-state index contributed by atoms with van der Waals surface area (Å²) < 4.78 is 4.71. The third-order valence-electron chi connectivity index (χ3n) is 2.86. The van der Waals surface area contributed by atoms with Gasteiger partial charge < -0.3 is 4.74 Å². The fourth-order valence-electron chi connectivity index (χ4n) is 1.87. The zero-order valence-corrected chi connectivity index (χ0v) is 12.0. The highest BCUT2D eigenvalue weighted by Crippen LogP contribution is 2.29. The van der Waals surface area contributed by atoms with Gasteiger partial charge in [0.15, 0.2) is 0 Å². The number of nitrogens with zero attached hydrogens (tertiary/aromatic N) is 3. The van der Waals surface area contributed by atoms with Gasteiger partial charge >= 0.3 is 5.97 Å². The zero-order chi connectivity index (χ0) is 14.7. The molecule has 21 heavy (non-hydrogen) atoms. The number of methoxy groups -OCH3 is 1. The Morgan fingerprint density at radius 1 is 1.14 bits per heavy atom. The molecule has 3 aromatic rings. The summed E-state index contributed by atoms with van der Waals surface area (Å²) in [5.41, 5.74) is 1.34. The molecule has 0 saturated heterocycles. The third kappa shape index (κ3) is 2.85. The molecule has 0 aliphatic carbocycles. The minimum Gasteiger partial charge on any atom is -0.465 e. The molecule has 0 spiro atoms. The van der Waals surface area contributed by atoms with Crippen LogP contribution in [-0.4, -0.2) is 28.0 Å². The first-order valence-electron chi connectivity index (χ1n) is 6.20. The lowest BCUT2D eigenvalue weighted by Gasteiger charge is -2.05. The van der Waals surface area contributed by atoms with Gasteiger partial charge in [0, 0.05) is 11.6 Å². The third-order valence-corrected chi connectivity index (χ3v) is 3.81. The van der Waals surface area contributed by atoms with Crippen molar-refractivity contribution in [1.29, 1.82) is 0 Å². The molecule has 0 fully saturated rings. The highest BCUT2D eigenvalue weighted by Gasteiger charge is 2.10. The fraction of sp³-hybridized carbons (Fsp3) is 0.0667. The molecule has 0 atom stereocenters. The predicted molar refractivity (Wildman–Crippen MR) is 79.2 cm³/mol. The number of ether oxygens (including phenoxy) is 1. The summed E-state index contributed by atoms with van der Waals surface area (Å²) in [5, 5.41) is 2.44. The average Bonchev–Trinajstić information content (AvgIpc) is 2.55. The maximum atomic E-state index is 11.5. The van der Waals surface area contributed by atoms with Gasteiger partial charge in [0.2, 0.25) is 0 Å². The van der Waals surface area contributed by atoms with Crippen LogP contribution in [0.5, 0.6) is 0 Å². The van der Waals surface area contributed by atoms with E-state index in [0.717, 1.165) is 15.9 Å². The molecule has 0 amide bonds. The lowest BCUT2D eigenvalue weighted by Crippen LogP contribution is -2.01. The Balaban J connectivity index is 1.97. The Morgan fingerprint density at radius 2 is 2.00 bits per heavy atom. The Kier molecular flexibility index (Phi) is 3.79. The molecule has 0 N–H and O–H groups in total. The van der Waals surface area contributed by atoms with E-state index >= 15 is 0 Å². The average molecular weight is 297 g/mol. The molecule has 5 nitrogen and oxygen atoms in total. The van der Waals surface area contributed by atoms with E-state index in [2.05, 4.69) is 15.0 Å². The number of carbonyl (C=O) groups excluding carboxylic acids is 1. The van der Waals surface area contributed by atoms with Crippen LogP contribution in [0.25, 0.3) is 10.9 Å². The number of benzene rings is 1. The van der Waals surface area contributed by atoms with Gasteiger partial charge in [-0.05, 0) is 30.0 Å². The van der Waals surface area contributed by atoms with Gasteiger partial charge in [-0.2, -0.15) is 0 Å². The summed E-state index contributed by atoms with van der Waals surface area (Å²) in [5.74, 6) is -0.383. The van der Waals surface area contributed by atoms with Gasteiger partial charge in [0.05, 0.1) is 18.2 Å². The minimum absolute atomic E-state index is 0.383. The van der Waals surface area contributed by atoms with Crippen molar-refractivity contribution in [2.45, 2.75) is 10.1 Å². The molecule has 1 aromatic carbocycles. The fourth-order valence-corrected chi connectivity index (χ4v) is 2.75. The van der Waals surface area contributed by atoms with Crippen molar-refractivity contribution < 1.29 is 9.53 Å². The second-order valence-electron chi connectivity index (χ2n) is 4.17. The molecule has 6 heteroatoms. The van der Waals surface area contributed by atoms with E-state index in [9.17, 15) is 4.79 Å². The van der Waals surface area contributed by atoms with Gasteiger partial charge in [0.25, 0.3) is 0 Å². The Morgan fingerprint density at radius 3 is 2.86 bits per heavy atom. The van der Waals surface area contributed by atoms with Crippen LogP contribution in [0, 0.1) is 0 Å². The second-order valence-corrected chi connectivity index (χ2v) is 5.18. The lowest BCUT2D eigenvalue weighted by atomic mass is 10.2. The number of fused-ring (bicyclic) bond motifs is 1. The standard InChI is InChI=1S/C15H11N3O2S/c1-20-15(19)10-6-7-16-13(8-10)21-14-11-4-2-3-5-12(11)17-9-18-14/h2-9H,1H3. The van der Waals surface area contributed by atoms with Crippen molar-refractivity contribution >= 4 is 28.6 Å². The molecule has 0 aliphatic heterocycles. The van der Waals surface area contributed by atoms with Gasteiger partial charge in [-0.25, -0.2) is 19.7 Å². The molecule has 2 aromatic heterocycles. The van der Waals surface area contributed by atoms with E-state index in [4.69, 9.17) is 4.74 Å². The summed E-state index contributed by atoms with van der Waals surface area (Å²) in [7, 11) is 1.35. The van der Waals surface area contributed by atoms with Crippen molar-refractivity contribution in [2.75, 3.05) is 7.11 Å². The predicted octanol–water partition coefficient (Wildman–Crippen LogP) is 2.96. The summed E-state index contributed by atoms with van der Waals surface area (Å²) in [6.45, 7) is 0. The largest absolute Gasteiger partial charge is 0.465 e. The van der Waals surface area contributed by atoms with Crippen molar-refractivity contribution in [2.24, 2.45) is 0 Å². The molecule has 0 aliphatic rings. The monoisotopic (exact) mass is 297 g/mol. The lowest BCUT2D eigenvalue weighted by molar-refractivity contribution is 0.0600. The number of carbonyl (C=O) groups is 1. The first-order chi connectivity index (χ1) is 10.3. The Bertz CT molecular complexity index is 802. The minimum atomic E-state index is -0.383. The molecule has 0 bridgehead atoms. The van der Waals surface area contributed by atoms with Crippen molar-refractivity contribution in [3.05, 3.63) is 54.5 Å². The smallest absolute Gasteiger partial charge is 0.337 e. The number of rotatable bonds is 3. The quantitative estimate of drug-likeness (QED) is 0.547. The van der Waals surface area contributed by atoms with E-state index in [1.807, 2.05) is 24.3 Å². The van der Waals surface area contributed by atoms with E-state index in [1.54, 1.807) is 18.3 Å². The summed E-state index contributed by atoms with van der Waals surface area (Å²) in [4.78, 5) is 24.3. The molecule has 0 saturated carbocycles.